The number of ether oxygens (including phenoxy) is 1. The third-order valence-electron chi connectivity index (χ3n) is 2.11. The summed E-state index contributed by atoms with van der Waals surface area (Å²) in [6.45, 7) is 5.01. The zero-order chi connectivity index (χ0) is 14.3. The SMILES string of the molecule is C=CC/C(Sc1ccccc1)=C(\OCC)C(F)(F)F. The Hall–Kier alpha value is -1.36. The lowest BCUT2D eigenvalue weighted by Crippen LogP contribution is -2.16. The van der Waals surface area contributed by atoms with E-state index in [-0.39, 0.29) is 17.9 Å². The number of thioether (sulfide) groups is 1. The van der Waals surface area contributed by atoms with E-state index in [9.17, 15) is 13.2 Å². The summed E-state index contributed by atoms with van der Waals surface area (Å²) in [6.07, 6.45) is -2.93. The maximum Gasteiger partial charge on any atom is 0.449 e. The summed E-state index contributed by atoms with van der Waals surface area (Å²) in [4.78, 5) is 0.858. The lowest BCUT2D eigenvalue weighted by Gasteiger charge is -2.17. The molecule has 0 radical (unpaired) electrons. The van der Waals surface area contributed by atoms with Crippen LogP contribution in [0, 0.1) is 0 Å². The van der Waals surface area contributed by atoms with Crippen molar-refractivity contribution < 1.29 is 17.9 Å². The molecule has 0 saturated heterocycles. The van der Waals surface area contributed by atoms with Gasteiger partial charge in [0.15, 0.2) is 0 Å². The number of allylic oxidation sites excluding steroid dienone is 3. The molecule has 1 aromatic rings. The maximum absolute atomic E-state index is 13.0. The minimum Gasteiger partial charge on any atom is -0.489 e. The van der Waals surface area contributed by atoms with Gasteiger partial charge in [0.25, 0.3) is 0 Å². The predicted octanol–water partition coefficient (Wildman–Crippen LogP) is 5.17. The topological polar surface area (TPSA) is 9.23 Å². The van der Waals surface area contributed by atoms with Gasteiger partial charge >= 0.3 is 6.18 Å². The van der Waals surface area contributed by atoms with E-state index in [1.54, 1.807) is 24.3 Å². The minimum atomic E-state index is -4.49. The quantitative estimate of drug-likeness (QED) is 0.406. The first-order valence-electron chi connectivity index (χ1n) is 5.76. The van der Waals surface area contributed by atoms with E-state index in [4.69, 9.17) is 4.74 Å². The molecule has 1 rings (SSSR count). The van der Waals surface area contributed by atoms with Crippen molar-refractivity contribution in [3.63, 3.8) is 0 Å². The predicted molar refractivity (Wildman–Crippen MR) is 71.8 cm³/mol. The molecule has 5 heteroatoms. The Kier molecular flexibility index (Phi) is 6.02. The molecule has 1 aromatic carbocycles. The average Bonchev–Trinajstić information content (AvgIpc) is 2.35. The largest absolute Gasteiger partial charge is 0.489 e. The van der Waals surface area contributed by atoms with Crippen LogP contribution in [0.15, 0.2) is 58.5 Å². The number of alkyl halides is 3. The van der Waals surface area contributed by atoms with Gasteiger partial charge in [-0.15, -0.1) is 6.58 Å². The molecule has 0 saturated carbocycles. The lowest BCUT2D eigenvalue weighted by atomic mass is 10.3. The van der Waals surface area contributed by atoms with Crippen LogP contribution in [-0.2, 0) is 4.74 Å². The third-order valence-corrected chi connectivity index (χ3v) is 3.22. The Morgan fingerprint density at radius 1 is 1.32 bits per heavy atom. The maximum atomic E-state index is 13.0. The normalized spacial score (nSPS) is 12.8. The van der Waals surface area contributed by atoms with Gasteiger partial charge in [-0.05, 0) is 19.1 Å². The van der Waals surface area contributed by atoms with Gasteiger partial charge in [-0.2, -0.15) is 13.2 Å². The summed E-state index contributed by atoms with van der Waals surface area (Å²) < 4.78 is 43.6. The highest BCUT2D eigenvalue weighted by atomic mass is 32.2. The van der Waals surface area contributed by atoms with Crippen molar-refractivity contribution in [1.29, 1.82) is 0 Å². The van der Waals surface area contributed by atoms with Crippen LogP contribution in [0.2, 0.25) is 0 Å². The van der Waals surface area contributed by atoms with Crippen molar-refractivity contribution in [3.05, 3.63) is 53.7 Å². The van der Waals surface area contributed by atoms with E-state index in [0.29, 0.717) is 0 Å². The number of halogens is 3. The highest BCUT2D eigenvalue weighted by Crippen LogP contribution is 2.38. The molecule has 1 nitrogen and oxygen atoms in total. The van der Waals surface area contributed by atoms with E-state index < -0.39 is 11.9 Å². The van der Waals surface area contributed by atoms with Gasteiger partial charge in [-0.25, -0.2) is 0 Å². The second-order valence-electron chi connectivity index (χ2n) is 3.59. The Morgan fingerprint density at radius 3 is 2.42 bits per heavy atom. The first-order chi connectivity index (χ1) is 8.99. The van der Waals surface area contributed by atoms with Crippen LogP contribution in [-0.4, -0.2) is 12.8 Å². The van der Waals surface area contributed by atoms with Gasteiger partial charge in [0.1, 0.15) is 0 Å². The first kappa shape index (κ1) is 15.7. The summed E-state index contributed by atoms with van der Waals surface area (Å²) in [6, 6.07) is 8.89. The van der Waals surface area contributed by atoms with Gasteiger partial charge in [0, 0.05) is 16.2 Å². The van der Waals surface area contributed by atoms with Gasteiger partial charge in [0.2, 0.25) is 5.76 Å². The van der Waals surface area contributed by atoms with Gasteiger partial charge in [0.05, 0.1) is 6.61 Å². The number of hydrogen-bond donors (Lipinski definition) is 0. The molecule has 0 amide bonds. The monoisotopic (exact) mass is 288 g/mol. The van der Waals surface area contributed by atoms with Gasteiger partial charge < -0.3 is 4.74 Å². The molecule has 0 aliphatic rings. The van der Waals surface area contributed by atoms with Crippen molar-refractivity contribution in [1.82, 2.24) is 0 Å². The molecule has 0 N–H and O–H groups in total. The van der Waals surface area contributed by atoms with Crippen LogP contribution in [0.4, 0.5) is 13.2 Å². The fraction of sp³-hybridized carbons (Fsp3) is 0.286. The molecule has 0 unspecified atom stereocenters. The first-order valence-corrected chi connectivity index (χ1v) is 6.57. The molecule has 0 fully saturated rings. The summed E-state index contributed by atoms with van der Waals surface area (Å²) in [5.74, 6) is -0.927. The van der Waals surface area contributed by atoms with E-state index in [0.717, 1.165) is 16.7 Å². The van der Waals surface area contributed by atoms with E-state index in [1.807, 2.05) is 6.07 Å². The molecular formula is C14H15F3OS. The van der Waals surface area contributed by atoms with Crippen LogP contribution in [0.25, 0.3) is 0 Å². The second-order valence-corrected chi connectivity index (χ2v) is 4.76. The van der Waals surface area contributed by atoms with E-state index >= 15 is 0 Å². The fourth-order valence-corrected chi connectivity index (χ4v) is 2.45. The van der Waals surface area contributed by atoms with Crippen LogP contribution in [0.3, 0.4) is 0 Å². The molecule has 0 aromatic heterocycles. The molecule has 104 valence electrons. The second kappa shape index (κ2) is 7.28. The average molecular weight is 288 g/mol. The van der Waals surface area contributed by atoms with Crippen LogP contribution in [0.5, 0.6) is 0 Å². The molecule has 0 spiro atoms. The zero-order valence-electron chi connectivity index (χ0n) is 10.5. The number of rotatable bonds is 6. The number of benzene rings is 1. The van der Waals surface area contributed by atoms with Crippen molar-refractivity contribution in [2.75, 3.05) is 6.61 Å². The highest BCUT2D eigenvalue weighted by molar-refractivity contribution is 8.03. The van der Waals surface area contributed by atoms with Crippen molar-refractivity contribution in [2.24, 2.45) is 0 Å². The zero-order valence-corrected chi connectivity index (χ0v) is 11.4. The molecule has 0 aliphatic heterocycles. The fourth-order valence-electron chi connectivity index (χ4n) is 1.41. The standard InChI is InChI=1S/C14H15F3OS/c1-3-8-12(13(18-4-2)14(15,16)17)19-11-9-6-5-7-10-11/h3,5-7,9-10H,1,4,8H2,2H3/b13-12+. The molecular weight excluding hydrogens is 273 g/mol. The minimum absolute atomic E-state index is 0.0230. The van der Waals surface area contributed by atoms with Crippen LogP contribution in [0.1, 0.15) is 13.3 Å². The summed E-state index contributed by atoms with van der Waals surface area (Å²) in [7, 11) is 0. The number of hydrogen-bond acceptors (Lipinski definition) is 2. The van der Waals surface area contributed by atoms with Crippen molar-refractivity contribution in [2.45, 2.75) is 24.4 Å². The molecule has 0 aliphatic carbocycles. The van der Waals surface area contributed by atoms with Crippen LogP contribution < -0.4 is 0 Å². The van der Waals surface area contributed by atoms with Crippen LogP contribution >= 0.6 is 11.8 Å². The van der Waals surface area contributed by atoms with Gasteiger partial charge in [-0.1, -0.05) is 36.0 Å². The Labute approximate surface area is 115 Å². The third kappa shape index (κ3) is 5.03. The molecule has 0 atom stereocenters. The smallest absolute Gasteiger partial charge is 0.449 e. The Morgan fingerprint density at radius 2 is 1.95 bits per heavy atom. The molecule has 0 bridgehead atoms. The lowest BCUT2D eigenvalue weighted by molar-refractivity contribution is -0.130. The summed E-state index contributed by atoms with van der Waals surface area (Å²) in [5.41, 5.74) is 0. The van der Waals surface area contributed by atoms with E-state index in [2.05, 4.69) is 6.58 Å². The molecule has 19 heavy (non-hydrogen) atoms. The van der Waals surface area contributed by atoms with E-state index in [1.165, 1.54) is 13.0 Å². The summed E-state index contributed by atoms with van der Waals surface area (Å²) >= 11 is 1.05. The van der Waals surface area contributed by atoms with Gasteiger partial charge in [-0.3, -0.25) is 0 Å². The molecule has 0 heterocycles. The summed E-state index contributed by atoms with van der Waals surface area (Å²) in [5, 5.41) is 0. The Bertz CT molecular complexity index is 438. The highest BCUT2D eigenvalue weighted by Gasteiger charge is 2.38. The van der Waals surface area contributed by atoms with Crippen molar-refractivity contribution in [3.8, 4) is 0 Å². The Balaban J connectivity index is 3.11. The van der Waals surface area contributed by atoms with Crippen molar-refractivity contribution >= 4 is 11.8 Å².